The largest absolute Gasteiger partial charge is 0.358 e. The minimum absolute atomic E-state index is 0.174. The average Bonchev–Trinajstić information content (AvgIpc) is 2.98. The summed E-state index contributed by atoms with van der Waals surface area (Å²) < 4.78 is 27.7. The quantitative estimate of drug-likeness (QED) is 0.707. The molecule has 0 atom stereocenters. The summed E-state index contributed by atoms with van der Waals surface area (Å²) in [5.74, 6) is 0.427. The Hall–Kier alpha value is -1.82. The molecule has 2 aromatic carbocycles. The Labute approximate surface area is 158 Å². The molecule has 0 unspecified atom stereocenters. The monoisotopic (exact) mass is 388 g/mol. The first kappa shape index (κ1) is 17.6. The van der Waals surface area contributed by atoms with Gasteiger partial charge in [-0.3, -0.25) is 0 Å². The van der Waals surface area contributed by atoms with Gasteiger partial charge in [0.2, 0.25) is 10.0 Å². The van der Waals surface area contributed by atoms with Crippen molar-refractivity contribution >= 4 is 32.5 Å². The van der Waals surface area contributed by atoms with E-state index in [4.69, 9.17) is 11.6 Å². The second-order valence-corrected chi connectivity index (χ2v) is 9.37. The molecule has 136 valence electrons. The molecular weight excluding hydrogens is 368 g/mol. The third kappa shape index (κ3) is 2.84. The predicted octanol–water partition coefficient (Wildman–Crippen LogP) is 4.69. The molecule has 0 amide bonds. The SMILES string of the molecule is CC(C)c1ccc2[nH]c3c(c2c1)CN(S(=O)(=O)c1ccccc1Cl)CC3. The van der Waals surface area contributed by atoms with E-state index in [1.165, 1.54) is 9.87 Å². The molecule has 0 fully saturated rings. The van der Waals surface area contributed by atoms with Gasteiger partial charge in [0, 0.05) is 36.1 Å². The Morgan fingerprint density at radius 1 is 1.15 bits per heavy atom. The van der Waals surface area contributed by atoms with E-state index in [2.05, 4.69) is 37.0 Å². The number of aromatic amines is 1. The lowest BCUT2D eigenvalue weighted by Gasteiger charge is -2.27. The molecule has 4 rings (SSSR count). The van der Waals surface area contributed by atoms with Gasteiger partial charge in [-0.2, -0.15) is 4.31 Å². The second-order valence-electron chi connectivity index (χ2n) is 7.06. The van der Waals surface area contributed by atoms with Crippen LogP contribution in [0.25, 0.3) is 10.9 Å². The van der Waals surface area contributed by atoms with Crippen molar-refractivity contribution in [1.29, 1.82) is 0 Å². The highest BCUT2D eigenvalue weighted by atomic mass is 35.5. The van der Waals surface area contributed by atoms with Crippen LogP contribution in [0.1, 0.15) is 36.6 Å². The highest BCUT2D eigenvalue weighted by molar-refractivity contribution is 7.89. The third-order valence-corrected chi connectivity index (χ3v) is 7.43. The number of hydrogen-bond donors (Lipinski definition) is 1. The summed E-state index contributed by atoms with van der Waals surface area (Å²) in [7, 11) is -3.62. The molecule has 0 saturated carbocycles. The number of rotatable bonds is 3. The van der Waals surface area contributed by atoms with Crippen LogP contribution in [0.5, 0.6) is 0 Å². The molecule has 6 heteroatoms. The van der Waals surface area contributed by atoms with Gasteiger partial charge in [0.15, 0.2) is 0 Å². The molecule has 0 spiro atoms. The van der Waals surface area contributed by atoms with E-state index in [9.17, 15) is 8.42 Å². The zero-order valence-corrected chi connectivity index (χ0v) is 16.4. The fourth-order valence-corrected chi connectivity index (χ4v) is 5.47. The summed E-state index contributed by atoms with van der Waals surface area (Å²) in [6.07, 6.45) is 0.671. The zero-order chi connectivity index (χ0) is 18.5. The van der Waals surface area contributed by atoms with E-state index in [1.54, 1.807) is 24.3 Å². The van der Waals surface area contributed by atoms with E-state index < -0.39 is 10.0 Å². The minimum Gasteiger partial charge on any atom is -0.358 e. The van der Waals surface area contributed by atoms with Crippen molar-refractivity contribution in [2.45, 2.75) is 37.6 Å². The Morgan fingerprint density at radius 3 is 2.65 bits per heavy atom. The molecule has 0 saturated heterocycles. The van der Waals surface area contributed by atoms with Crippen molar-refractivity contribution < 1.29 is 8.42 Å². The number of nitrogens with one attached hydrogen (secondary N) is 1. The van der Waals surface area contributed by atoms with Crippen molar-refractivity contribution in [2.75, 3.05) is 6.54 Å². The van der Waals surface area contributed by atoms with Crippen molar-refractivity contribution in [3.8, 4) is 0 Å². The van der Waals surface area contributed by atoms with Crippen molar-refractivity contribution in [2.24, 2.45) is 0 Å². The summed E-state index contributed by atoms with van der Waals surface area (Å²) in [6.45, 7) is 5.14. The summed E-state index contributed by atoms with van der Waals surface area (Å²) in [6, 6.07) is 13.0. The van der Waals surface area contributed by atoms with Gasteiger partial charge in [-0.1, -0.05) is 43.6 Å². The van der Waals surface area contributed by atoms with Crippen LogP contribution >= 0.6 is 11.6 Å². The molecule has 1 aliphatic rings. The Balaban J connectivity index is 1.76. The Bertz CT molecular complexity index is 1090. The van der Waals surface area contributed by atoms with Gasteiger partial charge in [-0.05, 0) is 41.3 Å². The number of sulfonamides is 1. The summed E-state index contributed by atoms with van der Waals surface area (Å²) in [5.41, 5.74) is 4.53. The fourth-order valence-electron chi connectivity index (χ4n) is 3.56. The number of fused-ring (bicyclic) bond motifs is 3. The van der Waals surface area contributed by atoms with Crippen LogP contribution in [0.2, 0.25) is 5.02 Å². The molecule has 1 N–H and O–H groups in total. The molecule has 26 heavy (non-hydrogen) atoms. The maximum atomic E-state index is 13.1. The fraction of sp³-hybridized carbons (Fsp3) is 0.300. The second kappa shape index (κ2) is 6.41. The van der Waals surface area contributed by atoms with E-state index in [0.29, 0.717) is 25.4 Å². The normalized spacial score (nSPS) is 15.5. The van der Waals surface area contributed by atoms with Crippen LogP contribution in [0.3, 0.4) is 0 Å². The number of halogens is 1. The standard InChI is InChI=1S/C20H21ClN2O2S/c1-13(2)14-7-8-18-15(11-14)16-12-23(10-9-19(16)22-18)26(24,25)20-6-4-3-5-17(20)21/h3-8,11,13,22H,9-10,12H2,1-2H3. The molecule has 0 aliphatic carbocycles. The number of aromatic nitrogens is 1. The number of benzene rings is 2. The highest BCUT2D eigenvalue weighted by Crippen LogP contribution is 2.33. The van der Waals surface area contributed by atoms with E-state index >= 15 is 0 Å². The lowest BCUT2D eigenvalue weighted by Crippen LogP contribution is -2.35. The van der Waals surface area contributed by atoms with E-state index in [1.807, 2.05) is 0 Å². The van der Waals surface area contributed by atoms with E-state index in [0.717, 1.165) is 22.2 Å². The smallest absolute Gasteiger partial charge is 0.244 e. The van der Waals surface area contributed by atoms with Gasteiger partial charge in [0.1, 0.15) is 4.90 Å². The van der Waals surface area contributed by atoms with Crippen LogP contribution in [0.4, 0.5) is 0 Å². The molecule has 2 heterocycles. The number of nitrogens with zero attached hydrogens (tertiary/aromatic N) is 1. The van der Waals surface area contributed by atoms with E-state index in [-0.39, 0.29) is 9.92 Å². The Kier molecular flexibility index (Phi) is 4.34. The van der Waals surface area contributed by atoms with Gasteiger partial charge in [-0.15, -0.1) is 0 Å². The van der Waals surface area contributed by atoms with Crippen molar-refractivity contribution in [3.05, 3.63) is 64.3 Å². The Morgan fingerprint density at radius 2 is 1.92 bits per heavy atom. The van der Waals surface area contributed by atoms with Gasteiger partial charge >= 0.3 is 0 Å². The molecule has 1 aromatic heterocycles. The van der Waals surface area contributed by atoms with Gasteiger partial charge in [0.25, 0.3) is 0 Å². The average molecular weight is 389 g/mol. The van der Waals surface area contributed by atoms with Crippen LogP contribution in [0.15, 0.2) is 47.4 Å². The van der Waals surface area contributed by atoms with Crippen LogP contribution in [0, 0.1) is 0 Å². The zero-order valence-electron chi connectivity index (χ0n) is 14.8. The number of hydrogen-bond acceptors (Lipinski definition) is 2. The summed E-state index contributed by atoms with van der Waals surface area (Å²) >= 11 is 6.15. The molecule has 4 nitrogen and oxygen atoms in total. The maximum absolute atomic E-state index is 13.1. The molecule has 0 radical (unpaired) electrons. The van der Waals surface area contributed by atoms with Crippen molar-refractivity contribution in [1.82, 2.24) is 9.29 Å². The predicted molar refractivity (Wildman–Crippen MR) is 105 cm³/mol. The van der Waals surface area contributed by atoms with Crippen LogP contribution < -0.4 is 0 Å². The van der Waals surface area contributed by atoms with Crippen molar-refractivity contribution in [3.63, 3.8) is 0 Å². The first-order valence-corrected chi connectivity index (χ1v) is 10.6. The van der Waals surface area contributed by atoms with Crippen LogP contribution in [-0.2, 0) is 23.0 Å². The summed E-state index contributed by atoms with van der Waals surface area (Å²) in [5, 5.41) is 1.38. The summed E-state index contributed by atoms with van der Waals surface area (Å²) in [4.78, 5) is 3.63. The third-order valence-electron chi connectivity index (χ3n) is 5.09. The highest BCUT2D eigenvalue weighted by Gasteiger charge is 2.31. The minimum atomic E-state index is -3.62. The molecular formula is C20H21ClN2O2S. The van der Waals surface area contributed by atoms with Gasteiger partial charge in [0.05, 0.1) is 5.02 Å². The molecule has 3 aromatic rings. The topological polar surface area (TPSA) is 53.2 Å². The van der Waals surface area contributed by atoms with Gasteiger partial charge in [-0.25, -0.2) is 8.42 Å². The maximum Gasteiger partial charge on any atom is 0.244 e. The lowest BCUT2D eigenvalue weighted by molar-refractivity contribution is 0.391. The number of H-pyrrole nitrogens is 1. The lowest BCUT2D eigenvalue weighted by atomic mass is 9.99. The molecule has 1 aliphatic heterocycles. The first-order valence-electron chi connectivity index (χ1n) is 8.76. The first-order chi connectivity index (χ1) is 12.4. The van der Waals surface area contributed by atoms with Crippen LogP contribution in [-0.4, -0.2) is 24.3 Å². The molecule has 0 bridgehead atoms. The van der Waals surface area contributed by atoms with Gasteiger partial charge < -0.3 is 4.98 Å².